The SMILES string of the molecule is Cc1ncc(OC[C@@]2(C3C=CC=CC3)C[C@H]2C(=O)Nc2ccc(F)cn2)c(C)n1. The number of ether oxygens (including phenoxy) is 1. The fourth-order valence-corrected chi connectivity index (χ4v) is 3.95. The Labute approximate surface area is 168 Å². The quantitative estimate of drug-likeness (QED) is 0.807. The molecule has 3 atom stereocenters. The maximum absolute atomic E-state index is 13.1. The van der Waals surface area contributed by atoms with Crippen LogP contribution in [0.4, 0.5) is 10.2 Å². The van der Waals surface area contributed by atoms with Crippen LogP contribution >= 0.6 is 0 Å². The molecule has 0 aromatic carbocycles. The van der Waals surface area contributed by atoms with E-state index in [-0.39, 0.29) is 23.2 Å². The molecule has 1 amide bonds. The molecule has 29 heavy (non-hydrogen) atoms. The van der Waals surface area contributed by atoms with Gasteiger partial charge >= 0.3 is 0 Å². The van der Waals surface area contributed by atoms with Gasteiger partial charge in [-0.05, 0) is 44.7 Å². The number of carbonyl (C=O) groups is 1. The maximum atomic E-state index is 13.1. The molecule has 2 heterocycles. The van der Waals surface area contributed by atoms with Gasteiger partial charge in [0.2, 0.25) is 5.91 Å². The Morgan fingerprint density at radius 2 is 2.14 bits per heavy atom. The third kappa shape index (κ3) is 4.04. The van der Waals surface area contributed by atoms with Gasteiger partial charge in [-0.3, -0.25) is 4.79 Å². The third-order valence-corrected chi connectivity index (χ3v) is 5.68. The number of anilines is 1. The predicted molar refractivity (Wildman–Crippen MR) is 107 cm³/mol. The Bertz CT molecular complexity index is 973. The molecule has 7 heteroatoms. The number of allylic oxidation sites excluding steroid dienone is 4. The summed E-state index contributed by atoms with van der Waals surface area (Å²) in [5.74, 6) is 1.12. The summed E-state index contributed by atoms with van der Waals surface area (Å²) in [4.78, 5) is 25.4. The number of hydrogen-bond donors (Lipinski definition) is 1. The van der Waals surface area contributed by atoms with Gasteiger partial charge < -0.3 is 10.1 Å². The van der Waals surface area contributed by atoms with Crippen molar-refractivity contribution in [1.29, 1.82) is 0 Å². The second kappa shape index (κ2) is 7.73. The molecule has 1 N–H and O–H groups in total. The summed E-state index contributed by atoms with van der Waals surface area (Å²) in [5.41, 5.74) is 0.479. The minimum Gasteiger partial charge on any atom is -0.489 e. The summed E-state index contributed by atoms with van der Waals surface area (Å²) in [6.07, 6.45) is 12.6. The van der Waals surface area contributed by atoms with Gasteiger partial charge in [-0.25, -0.2) is 19.3 Å². The topological polar surface area (TPSA) is 77.0 Å². The first kappa shape index (κ1) is 19.2. The van der Waals surface area contributed by atoms with Gasteiger partial charge in [0.15, 0.2) is 5.75 Å². The summed E-state index contributed by atoms with van der Waals surface area (Å²) in [6.45, 7) is 4.12. The van der Waals surface area contributed by atoms with E-state index in [0.717, 1.165) is 18.3 Å². The van der Waals surface area contributed by atoms with Crippen LogP contribution in [-0.2, 0) is 4.79 Å². The van der Waals surface area contributed by atoms with E-state index in [1.54, 1.807) is 6.20 Å². The number of hydrogen-bond acceptors (Lipinski definition) is 5. The first-order valence-electron chi connectivity index (χ1n) is 9.67. The van der Waals surface area contributed by atoms with Crippen LogP contribution in [0.2, 0.25) is 0 Å². The van der Waals surface area contributed by atoms with Crippen molar-refractivity contribution < 1.29 is 13.9 Å². The summed E-state index contributed by atoms with van der Waals surface area (Å²) >= 11 is 0. The van der Waals surface area contributed by atoms with Crippen molar-refractivity contribution in [2.75, 3.05) is 11.9 Å². The van der Waals surface area contributed by atoms with E-state index in [4.69, 9.17) is 4.74 Å². The predicted octanol–water partition coefficient (Wildman–Crippen LogP) is 3.78. The fourth-order valence-electron chi connectivity index (χ4n) is 3.95. The van der Waals surface area contributed by atoms with E-state index in [0.29, 0.717) is 30.4 Å². The van der Waals surface area contributed by atoms with Crippen molar-refractivity contribution in [3.05, 3.63) is 66.2 Å². The van der Waals surface area contributed by atoms with Crippen LogP contribution in [-0.4, -0.2) is 27.5 Å². The summed E-state index contributed by atoms with van der Waals surface area (Å²) in [5, 5.41) is 2.80. The Balaban J connectivity index is 1.50. The minimum atomic E-state index is -0.438. The van der Waals surface area contributed by atoms with E-state index < -0.39 is 5.82 Å². The highest BCUT2D eigenvalue weighted by molar-refractivity contribution is 5.94. The second-order valence-electron chi connectivity index (χ2n) is 7.65. The zero-order valence-electron chi connectivity index (χ0n) is 16.4. The fraction of sp³-hybridized carbons (Fsp3) is 0.364. The minimum absolute atomic E-state index is 0.118. The standard InChI is InChI=1S/C22H23FN4O2/c1-14-19(12-24-15(2)26-14)29-13-22(16-6-4-3-5-7-16)10-18(22)21(28)27-20-9-8-17(23)11-25-20/h3-6,8-9,11-12,16,18H,7,10,13H2,1-2H3,(H,25,27,28)/t16?,18-,22+/m0/s1. The number of aryl methyl sites for hydroxylation is 2. The Kier molecular flexibility index (Phi) is 5.13. The summed E-state index contributed by atoms with van der Waals surface area (Å²) in [7, 11) is 0. The zero-order chi connectivity index (χ0) is 20.4. The number of nitrogens with zero attached hydrogens (tertiary/aromatic N) is 3. The van der Waals surface area contributed by atoms with Crippen LogP contribution in [0.15, 0.2) is 48.8 Å². The third-order valence-electron chi connectivity index (χ3n) is 5.68. The van der Waals surface area contributed by atoms with Crippen LogP contribution in [0.1, 0.15) is 24.4 Å². The summed E-state index contributed by atoms with van der Waals surface area (Å²) < 4.78 is 19.2. The molecule has 2 aliphatic rings. The molecule has 0 spiro atoms. The number of pyridine rings is 1. The van der Waals surface area contributed by atoms with E-state index in [2.05, 4.69) is 32.4 Å². The molecule has 0 aliphatic heterocycles. The lowest BCUT2D eigenvalue weighted by Gasteiger charge is -2.26. The number of nitrogens with one attached hydrogen (secondary N) is 1. The molecular formula is C22H23FN4O2. The molecule has 2 aromatic rings. The van der Waals surface area contributed by atoms with Crippen molar-refractivity contribution >= 4 is 11.7 Å². The van der Waals surface area contributed by atoms with E-state index in [1.807, 2.05) is 26.0 Å². The molecule has 0 bridgehead atoms. The second-order valence-corrected chi connectivity index (χ2v) is 7.65. The first-order valence-corrected chi connectivity index (χ1v) is 9.67. The molecule has 2 aromatic heterocycles. The van der Waals surface area contributed by atoms with Gasteiger partial charge in [0.1, 0.15) is 17.5 Å². The van der Waals surface area contributed by atoms with Gasteiger partial charge in [0, 0.05) is 11.3 Å². The van der Waals surface area contributed by atoms with E-state index >= 15 is 0 Å². The average Bonchev–Trinajstić information content (AvgIpc) is 3.46. The normalized spacial score (nSPS) is 24.9. The van der Waals surface area contributed by atoms with Crippen molar-refractivity contribution in [3.8, 4) is 5.75 Å². The van der Waals surface area contributed by atoms with Crippen molar-refractivity contribution in [3.63, 3.8) is 0 Å². The van der Waals surface area contributed by atoms with Crippen LogP contribution in [0, 0.1) is 36.9 Å². The Morgan fingerprint density at radius 1 is 1.28 bits per heavy atom. The van der Waals surface area contributed by atoms with Gasteiger partial charge in [0.25, 0.3) is 0 Å². The van der Waals surface area contributed by atoms with Crippen LogP contribution < -0.4 is 10.1 Å². The molecule has 150 valence electrons. The number of carbonyl (C=O) groups excluding carboxylic acids is 1. The van der Waals surface area contributed by atoms with Crippen LogP contribution in [0.5, 0.6) is 5.75 Å². The molecule has 1 unspecified atom stereocenters. The molecule has 2 aliphatic carbocycles. The first-order chi connectivity index (χ1) is 14.0. The number of amides is 1. The highest BCUT2D eigenvalue weighted by Crippen LogP contribution is 2.60. The Morgan fingerprint density at radius 3 is 2.83 bits per heavy atom. The van der Waals surface area contributed by atoms with E-state index in [9.17, 15) is 9.18 Å². The maximum Gasteiger partial charge on any atom is 0.229 e. The highest BCUT2D eigenvalue weighted by Gasteiger charge is 2.62. The monoisotopic (exact) mass is 394 g/mol. The molecule has 0 radical (unpaired) electrons. The molecule has 6 nitrogen and oxygen atoms in total. The lowest BCUT2D eigenvalue weighted by Crippen LogP contribution is -2.29. The molecule has 4 rings (SSSR count). The average molecular weight is 394 g/mol. The zero-order valence-corrected chi connectivity index (χ0v) is 16.4. The smallest absolute Gasteiger partial charge is 0.229 e. The van der Waals surface area contributed by atoms with Gasteiger partial charge in [0.05, 0.1) is 24.7 Å². The van der Waals surface area contributed by atoms with Crippen molar-refractivity contribution in [2.45, 2.75) is 26.7 Å². The largest absolute Gasteiger partial charge is 0.489 e. The summed E-state index contributed by atoms with van der Waals surface area (Å²) in [6, 6.07) is 2.74. The molecule has 1 saturated carbocycles. The van der Waals surface area contributed by atoms with Gasteiger partial charge in [-0.2, -0.15) is 0 Å². The molecular weight excluding hydrogens is 371 g/mol. The molecule has 1 fully saturated rings. The number of halogens is 1. The van der Waals surface area contributed by atoms with E-state index in [1.165, 1.54) is 12.1 Å². The van der Waals surface area contributed by atoms with Gasteiger partial charge in [-0.1, -0.05) is 24.3 Å². The van der Waals surface area contributed by atoms with Gasteiger partial charge in [-0.15, -0.1) is 0 Å². The lowest BCUT2D eigenvalue weighted by molar-refractivity contribution is -0.118. The van der Waals surface area contributed by atoms with Crippen molar-refractivity contribution in [2.24, 2.45) is 17.3 Å². The Hall–Kier alpha value is -3.09. The lowest BCUT2D eigenvalue weighted by atomic mass is 9.82. The highest BCUT2D eigenvalue weighted by atomic mass is 19.1. The number of rotatable bonds is 6. The van der Waals surface area contributed by atoms with Crippen LogP contribution in [0.3, 0.4) is 0 Å². The van der Waals surface area contributed by atoms with Crippen molar-refractivity contribution in [1.82, 2.24) is 15.0 Å². The molecule has 0 saturated heterocycles. The number of aromatic nitrogens is 3. The van der Waals surface area contributed by atoms with Crippen LogP contribution in [0.25, 0.3) is 0 Å².